The van der Waals surface area contributed by atoms with Crippen molar-refractivity contribution in [1.29, 1.82) is 0 Å². The van der Waals surface area contributed by atoms with Crippen LogP contribution in [0.15, 0.2) is 43.8 Å². The first-order chi connectivity index (χ1) is 11.5. The van der Waals surface area contributed by atoms with E-state index in [1.54, 1.807) is 0 Å². The largest absolute Gasteiger partial charge is 0.483 e. The average Bonchev–Trinajstić information content (AvgIpc) is 3.04. The summed E-state index contributed by atoms with van der Waals surface area (Å²) in [6, 6.07) is 9.78. The van der Waals surface area contributed by atoms with Gasteiger partial charge in [0.1, 0.15) is 5.75 Å². The summed E-state index contributed by atoms with van der Waals surface area (Å²) in [5.74, 6) is 1.83. The second-order valence-corrected chi connectivity index (χ2v) is 7.28. The van der Waals surface area contributed by atoms with Gasteiger partial charge in [-0.15, -0.1) is 0 Å². The molecule has 0 unspecified atom stereocenters. The molecule has 0 bridgehead atoms. The molecule has 1 heterocycles. The lowest BCUT2D eigenvalue weighted by molar-refractivity contribution is 0.241. The third kappa shape index (κ3) is 3.54. The number of benzene rings is 2. The first-order valence-electron chi connectivity index (χ1n) is 7.43. The van der Waals surface area contributed by atoms with E-state index in [0.29, 0.717) is 11.7 Å². The molecule has 6 heteroatoms. The third-order valence-electron chi connectivity index (χ3n) is 3.86. The number of hydrogen-bond acceptors (Lipinski definition) is 4. The predicted octanol–water partition coefficient (Wildman–Crippen LogP) is 5.77. The van der Waals surface area contributed by atoms with E-state index >= 15 is 0 Å². The predicted molar refractivity (Wildman–Crippen MR) is 100 cm³/mol. The van der Waals surface area contributed by atoms with Crippen LogP contribution >= 0.6 is 31.9 Å². The number of ether oxygens (including phenoxy) is 1. The molecule has 124 valence electrons. The number of nitrogens with zero attached hydrogens (tertiary/aromatic N) is 2. The van der Waals surface area contributed by atoms with Crippen LogP contribution in [0.3, 0.4) is 0 Å². The highest BCUT2D eigenvalue weighted by molar-refractivity contribution is 9.10. The van der Waals surface area contributed by atoms with Crippen LogP contribution in [0.1, 0.15) is 22.6 Å². The van der Waals surface area contributed by atoms with Crippen molar-refractivity contribution >= 4 is 31.9 Å². The van der Waals surface area contributed by atoms with E-state index in [9.17, 15) is 0 Å². The molecule has 2 aromatic carbocycles. The van der Waals surface area contributed by atoms with Crippen molar-refractivity contribution in [2.75, 3.05) is 0 Å². The van der Waals surface area contributed by atoms with Crippen LogP contribution in [-0.2, 0) is 6.61 Å². The van der Waals surface area contributed by atoms with Crippen LogP contribution in [0.5, 0.6) is 5.75 Å². The van der Waals surface area contributed by atoms with Gasteiger partial charge in [-0.05, 0) is 55.7 Å². The molecule has 1 aromatic heterocycles. The summed E-state index contributed by atoms with van der Waals surface area (Å²) in [5, 5.41) is 4.02. The molecule has 0 saturated carbocycles. The van der Waals surface area contributed by atoms with Crippen LogP contribution in [0.4, 0.5) is 0 Å². The van der Waals surface area contributed by atoms with Crippen molar-refractivity contribution < 1.29 is 9.26 Å². The van der Waals surface area contributed by atoms with E-state index in [2.05, 4.69) is 48.9 Å². The topological polar surface area (TPSA) is 48.2 Å². The van der Waals surface area contributed by atoms with Crippen molar-refractivity contribution in [3.05, 3.63) is 61.9 Å². The summed E-state index contributed by atoms with van der Waals surface area (Å²) >= 11 is 7.04. The van der Waals surface area contributed by atoms with E-state index < -0.39 is 0 Å². The molecule has 0 atom stereocenters. The van der Waals surface area contributed by atoms with E-state index in [1.165, 1.54) is 5.56 Å². The number of halogens is 2. The van der Waals surface area contributed by atoms with Gasteiger partial charge in [0.25, 0.3) is 5.89 Å². The Morgan fingerprint density at radius 3 is 2.62 bits per heavy atom. The van der Waals surface area contributed by atoms with Crippen LogP contribution in [0.25, 0.3) is 11.4 Å². The van der Waals surface area contributed by atoms with Gasteiger partial charge in [-0.1, -0.05) is 49.1 Å². The number of rotatable bonds is 4. The van der Waals surface area contributed by atoms with Crippen molar-refractivity contribution in [3.63, 3.8) is 0 Å². The Labute approximate surface area is 157 Å². The van der Waals surface area contributed by atoms with E-state index in [4.69, 9.17) is 9.26 Å². The number of aromatic nitrogens is 2. The normalized spacial score (nSPS) is 10.9. The highest BCUT2D eigenvalue weighted by Crippen LogP contribution is 2.31. The van der Waals surface area contributed by atoms with Crippen molar-refractivity contribution in [2.45, 2.75) is 27.4 Å². The highest BCUT2D eigenvalue weighted by Gasteiger charge is 2.13. The Kier molecular flexibility index (Phi) is 5.06. The van der Waals surface area contributed by atoms with Gasteiger partial charge in [0.05, 0.1) is 0 Å². The second kappa shape index (κ2) is 7.07. The molecule has 0 spiro atoms. The van der Waals surface area contributed by atoms with Crippen molar-refractivity contribution in [3.8, 4) is 17.1 Å². The quantitative estimate of drug-likeness (QED) is 0.505. The zero-order valence-corrected chi connectivity index (χ0v) is 16.7. The van der Waals surface area contributed by atoms with E-state index in [-0.39, 0.29) is 6.61 Å². The van der Waals surface area contributed by atoms with Crippen LogP contribution in [0, 0.1) is 20.8 Å². The molecule has 0 aliphatic rings. The average molecular weight is 452 g/mol. The Morgan fingerprint density at radius 1 is 1.08 bits per heavy atom. The SMILES string of the molecule is Cc1cc(OCc2nc(-c3cccc(Br)c3)no2)c(C)c(C)c1Br. The van der Waals surface area contributed by atoms with Gasteiger partial charge in [-0.25, -0.2) is 0 Å². The van der Waals surface area contributed by atoms with E-state index in [0.717, 1.165) is 31.4 Å². The lowest BCUT2D eigenvalue weighted by atomic mass is 10.1. The molecule has 0 amide bonds. The summed E-state index contributed by atoms with van der Waals surface area (Å²) in [6.07, 6.45) is 0. The van der Waals surface area contributed by atoms with E-state index in [1.807, 2.05) is 44.2 Å². The molecular formula is C18H16Br2N2O2. The summed E-state index contributed by atoms with van der Waals surface area (Å²) in [7, 11) is 0. The maximum atomic E-state index is 5.89. The minimum atomic E-state index is 0.238. The smallest absolute Gasteiger partial charge is 0.264 e. The summed E-state index contributed by atoms with van der Waals surface area (Å²) in [4.78, 5) is 4.40. The lowest BCUT2D eigenvalue weighted by Crippen LogP contribution is -2.00. The molecule has 0 N–H and O–H groups in total. The molecule has 24 heavy (non-hydrogen) atoms. The Hall–Kier alpha value is -1.66. The second-order valence-electron chi connectivity index (χ2n) is 5.57. The molecule has 4 nitrogen and oxygen atoms in total. The van der Waals surface area contributed by atoms with Gasteiger partial charge in [-0.3, -0.25) is 0 Å². The number of hydrogen-bond donors (Lipinski definition) is 0. The molecule has 0 radical (unpaired) electrons. The summed E-state index contributed by atoms with van der Waals surface area (Å²) in [5.41, 5.74) is 4.30. The molecule has 0 fully saturated rings. The maximum absolute atomic E-state index is 5.89. The standard InChI is InChI=1S/C18H16Br2N2O2/c1-10-7-15(11(2)12(3)17(10)20)23-9-16-21-18(22-24-16)13-5-4-6-14(19)8-13/h4-8H,9H2,1-3H3. The molecule has 0 aliphatic carbocycles. The van der Waals surface area contributed by atoms with Gasteiger partial charge >= 0.3 is 0 Å². The highest BCUT2D eigenvalue weighted by atomic mass is 79.9. The van der Waals surface area contributed by atoms with Gasteiger partial charge < -0.3 is 9.26 Å². The fourth-order valence-electron chi connectivity index (χ4n) is 2.36. The minimum Gasteiger partial charge on any atom is -0.483 e. The van der Waals surface area contributed by atoms with Crippen molar-refractivity contribution in [2.24, 2.45) is 0 Å². The minimum absolute atomic E-state index is 0.238. The first kappa shape index (κ1) is 17.2. The fourth-order valence-corrected chi connectivity index (χ4v) is 3.17. The molecule has 0 saturated heterocycles. The van der Waals surface area contributed by atoms with Crippen molar-refractivity contribution in [1.82, 2.24) is 10.1 Å². The Morgan fingerprint density at radius 2 is 1.88 bits per heavy atom. The first-order valence-corrected chi connectivity index (χ1v) is 9.02. The summed E-state index contributed by atoms with van der Waals surface area (Å²) in [6.45, 7) is 6.39. The molecule has 3 aromatic rings. The maximum Gasteiger partial charge on any atom is 0.264 e. The third-order valence-corrected chi connectivity index (χ3v) is 5.57. The zero-order valence-electron chi connectivity index (χ0n) is 13.6. The lowest BCUT2D eigenvalue weighted by Gasteiger charge is -2.13. The van der Waals surface area contributed by atoms with Gasteiger partial charge in [0.15, 0.2) is 6.61 Å². The molecule has 0 aliphatic heterocycles. The zero-order chi connectivity index (χ0) is 17.3. The molecular weight excluding hydrogens is 436 g/mol. The van der Waals surface area contributed by atoms with Crippen LogP contribution in [0.2, 0.25) is 0 Å². The number of aryl methyl sites for hydroxylation is 1. The Balaban J connectivity index is 1.77. The molecule has 3 rings (SSSR count). The van der Waals surface area contributed by atoms with Gasteiger partial charge in [0, 0.05) is 14.5 Å². The van der Waals surface area contributed by atoms with Crippen LogP contribution in [-0.4, -0.2) is 10.1 Å². The van der Waals surface area contributed by atoms with Gasteiger partial charge in [0.2, 0.25) is 5.82 Å². The fraction of sp³-hybridized carbons (Fsp3) is 0.222. The van der Waals surface area contributed by atoms with Gasteiger partial charge in [-0.2, -0.15) is 4.98 Å². The van der Waals surface area contributed by atoms with Crippen LogP contribution < -0.4 is 4.74 Å². The monoisotopic (exact) mass is 450 g/mol. The summed E-state index contributed by atoms with van der Waals surface area (Å²) < 4.78 is 13.3. The Bertz CT molecular complexity index is 891.